The summed E-state index contributed by atoms with van der Waals surface area (Å²) in [5.41, 5.74) is 1.24. The summed E-state index contributed by atoms with van der Waals surface area (Å²) in [5.74, 6) is 1.20. The molecule has 0 aliphatic heterocycles. The quantitative estimate of drug-likeness (QED) is 0.725. The summed E-state index contributed by atoms with van der Waals surface area (Å²) in [6, 6.07) is 14.8. The molecule has 2 aromatic rings. The van der Waals surface area contributed by atoms with Crippen LogP contribution in [0.4, 0.5) is 4.39 Å². The standard InChI is InChI=1S/C26H29FN2O2/c27-22-8-6-21(7-9-22)24(30)29-23(25(31)28-16-17-4-2-1-3-5-17)26-13-18-10-19(14-26)12-20(11-18)15-26/h1-9,18-20,23H,10-16H2,(H,28,31)(H,29,30). The first-order valence-corrected chi connectivity index (χ1v) is 11.4. The van der Waals surface area contributed by atoms with Crippen LogP contribution in [0.3, 0.4) is 0 Å². The Hall–Kier alpha value is -2.69. The van der Waals surface area contributed by atoms with Crippen LogP contribution in [0.2, 0.25) is 0 Å². The number of amides is 2. The van der Waals surface area contributed by atoms with E-state index in [1.54, 1.807) is 0 Å². The van der Waals surface area contributed by atoms with Crippen LogP contribution < -0.4 is 10.6 Å². The molecule has 0 heterocycles. The molecular weight excluding hydrogens is 391 g/mol. The van der Waals surface area contributed by atoms with Gasteiger partial charge in [-0.1, -0.05) is 30.3 Å². The maximum Gasteiger partial charge on any atom is 0.251 e. The van der Waals surface area contributed by atoms with Gasteiger partial charge in [0.2, 0.25) is 5.91 Å². The third-order valence-electron chi connectivity index (χ3n) is 7.65. The SMILES string of the molecule is O=C(NC(C(=O)NCc1ccccc1)C12CC3CC(CC(C3)C1)C2)c1ccc(F)cc1. The predicted molar refractivity (Wildman–Crippen MR) is 117 cm³/mol. The third kappa shape index (κ3) is 4.10. The lowest BCUT2D eigenvalue weighted by Gasteiger charge is -2.58. The van der Waals surface area contributed by atoms with Gasteiger partial charge in [0.05, 0.1) is 0 Å². The molecule has 5 heteroatoms. The molecule has 2 aromatic carbocycles. The first-order chi connectivity index (χ1) is 15.0. The minimum Gasteiger partial charge on any atom is -0.350 e. The van der Waals surface area contributed by atoms with Crippen LogP contribution in [0.1, 0.15) is 54.4 Å². The van der Waals surface area contributed by atoms with Gasteiger partial charge in [0.1, 0.15) is 11.9 Å². The Morgan fingerprint density at radius 2 is 1.48 bits per heavy atom. The smallest absolute Gasteiger partial charge is 0.251 e. The molecular formula is C26H29FN2O2. The third-order valence-corrected chi connectivity index (χ3v) is 7.65. The molecule has 2 amide bonds. The lowest BCUT2D eigenvalue weighted by atomic mass is 9.47. The second-order valence-electron chi connectivity index (χ2n) is 9.90. The molecule has 2 N–H and O–H groups in total. The number of benzene rings is 2. The molecule has 1 unspecified atom stereocenters. The summed E-state index contributed by atoms with van der Waals surface area (Å²) in [6.45, 7) is 0.439. The van der Waals surface area contributed by atoms with Crippen molar-refractivity contribution >= 4 is 11.8 Å². The van der Waals surface area contributed by atoms with Crippen molar-refractivity contribution in [3.63, 3.8) is 0 Å². The molecule has 4 aliphatic carbocycles. The maximum absolute atomic E-state index is 13.5. The number of hydrogen-bond donors (Lipinski definition) is 2. The van der Waals surface area contributed by atoms with Gasteiger partial charge in [-0.05, 0) is 86.1 Å². The largest absolute Gasteiger partial charge is 0.350 e. The van der Waals surface area contributed by atoms with E-state index in [-0.39, 0.29) is 23.0 Å². The van der Waals surface area contributed by atoms with E-state index in [0.29, 0.717) is 29.9 Å². The van der Waals surface area contributed by atoms with E-state index in [2.05, 4.69) is 10.6 Å². The van der Waals surface area contributed by atoms with Gasteiger partial charge in [0.25, 0.3) is 5.91 Å². The van der Waals surface area contributed by atoms with Crippen molar-refractivity contribution in [1.82, 2.24) is 10.6 Å². The van der Waals surface area contributed by atoms with Gasteiger partial charge in [0, 0.05) is 17.5 Å². The van der Waals surface area contributed by atoms with Gasteiger partial charge in [0.15, 0.2) is 0 Å². The fourth-order valence-electron chi connectivity index (χ4n) is 6.73. The molecule has 0 radical (unpaired) electrons. The lowest BCUT2D eigenvalue weighted by molar-refractivity contribution is -0.134. The Morgan fingerprint density at radius 3 is 2.06 bits per heavy atom. The van der Waals surface area contributed by atoms with Crippen LogP contribution in [-0.4, -0.2) is 17.9 Å². The Morgan fingerprint density at radius 1 is 0.903 bits per heavy atom. The molecule has 6 rings (SSSR count). The van der Waals surface area contributed by atoms with E-state index in [0.717, 1.165) is 24.8 Å². The van der Waals surface area contributed by atoms with E-state index in [1.165, 1.54) is 43.5 Å². The van der Waals surface area contributed by atoms with Crippen molar-refractivity contribution in [2.75, 3.05) is 0 Å². The highest BCUT2D eigenvalue weighted by Gasteiger charge is 2.56. The Labute approximate surface area is 182 Å². The molecule has 0 spiro atoms. The van der Waals surface area contributed by atoms with E-state index in [4.69, 9.17) is 0 Å². The van der Waals surface area contributed by atoms with Crippen molar-refractivity contribution in [3.05, 3.63) is 71.5 Å². The topological polar surface area (TPSA) is 58.2 Å². The number of carbonyl (C=O) groups excluding carboxylic acids is 2. The highest BCUT2D eigenvalue weighted by Crippen LogP contribution is 2.61. The van der Waals surface area contributed by atoms with Gasteiger partial charge in [-0.15, -0.1) is 0 Å². The molecule has 4 bridgehead atoms. The van der Waals surface area contributed by atoms with Gasteiger partial charge < -0.3 is 10.6 Å². The molecule has 4 nitrogen and oxygen atoms in total. The Kier molecular flexibility index (Phi) is 5.28. The van der Waals surface area contributed by atoms with Crippen molar-refractivity contribution in [1.29, 1.82) is 0 Å². The van der Waals surface area contributed by atoms with Crippen LogP contribution in [-0.2, 0) is 11.3 Å². The zero-order chi connectivity index (χ0) is 21.4. The Bertz CT molecular complexity index is 922. The van der Waals surface area contributed by atoms with Gasteiger partial charge >= 0.3 is 0 Å². The molecule has 0 saturated heterocycles. The second kappa shape index (κ2) is 8.10. The second-order valence-corrected chi connectivity index (χ2v) is 9.90. The number of halogens is 1. The van der Waals surface area contributed by atoms with E-state index >= 15 is 0 Å². The summed E-state index contributed by atoms with van der Waals surface area (Å²) in [5, 5.41) is 6.15. The number of carbonyl (C=O) groups is 2. The zero-order valence-corrected chi connectivity index (χ0v) is 17.6. The van der Waals surface area contributed by atoms with Crippen molar-refractivity contribution in [2.24, 2.45) is 23.2 Å². The normalized spacial score (nSPS) is 29.4. The fourth-order valence-corrected chi connectivity index (χ4v) is 6.73. The van der Waals surface area contributed by atoms with Crippen molar-refractivity contribution in [2.45, 2.75) is 51.1 Å². The van der Waals surface area contributed by atoms with Crippen LogP contribution in [0, 0.1) is 29.0 Å². The first-order valence-electron chi connectivity index (χ1n) is 11.4. The molecule has 4 aliphatic rings. The summed E-state index contributed by atoms with van der Waals surface area (Å²) in [6.07, 6.45) is 6.82. The average molecular weight is 421 g/mol. The monoisotopic (exact) mass is 420 g/mol. The van der Waals surface area contributed by atoms with E-state index in [1.807, 2.05) is 30.3 Å². The van der Waals surface area contributed by atoms with Crippen LogP contribution in [0.15, 0.2) is 54.6 Å². The lowest BCUT2D eigenvalue weighted by Crippen LogP contribution is -2.62. The average Bonchev–Trinajstić information content (AvgIpc) is 2.76. The Balaban J connectivity index is 1.39. The molecule has 4 saturated carbocycles. The van der Waals surface area contributed by atoms with Gasteiger partial charge in [-0.25, -0.2) is 4.39 Å². The fraction of sp³-hybridized carbons (Fsp3) is 0.462. The highest BCUT2D eigenvalue weighted by molar-refractivity contribution is 5.97. The van der Waals surface area contributed by atoms with Crippen molar-refractivity contribution in [3.8, 4) is 0 Å². The van der Waals surface area contributed by atoms with E-state index in [9.17, 15) is 14.0 Å². The van der Waals surface area contributed by atoms with Crippen LogP contribution in [0.25, 0.3) is 0 Å². The highest BCUT2D eigenvalue weighted by atomic mass is 19.1. The molecule has 1 atom stereocenters. The summed E-state index contributed by atoms with van der Waals surface area (Å²) in [4.78, 5) is 26.5. The number of nitrogens with one attached hydrogen (secondary N) is 2. The summed E-state index contributed by atoms with van der Waals surface area (Å²) in [7, 11) is 0. The van der Waals surface area contributed by atoms with Crippen molar-refractivity contribution < 1.29 is 14.0 Å². The molecule has 0 aromatic heterocycles. The first kappa shape index (κ1) is 20.2. The molecule has 31 heavy (non-hydrogen) atoms. The summed E-state index contributed by atoms with van der Waals surface area (Å²) >= 11 is 0. The predicted octanol–water partition coefficient (Wildman–Crippen LogP) is 4.46. The van der Waals surface area contributed by atoms with Gasteiger partial charge in [-0.3, -0.25) is 9.59 Å². The zero-order valence-electron chi connectivity index (χ0n) is 17.6. The summed E-state index contributed by atoms with van der Waals surface area (Å²) < 4.78 is 13.3. The molecule has 4 fully saturated rings. The van der Waals surface area contributed by atoms with Gasteiger partial charge in [-0.2, -0.15) is 0 Å². The number of rotatable bonds is 6. The minimum absolute atomic E-state index is 0.110. The number of hydrogen-bond acceptors (Lipinski definition) is 2. The van der Waals surface area contributed by atoms with Crippen LogP contribution in [0.5, 0.6) is 0 Å². The maximum atomic E-state index is 13.5. The molecule has 162 valence electrons. The van der Waals surface area contributed by atoms with E-state index < -0.39 is 6.04 Å². The minimum atomic E-state index is -0.567. The van der Waals surface area contributed by atoms with Crippen LogP contribution >= 0.6 is 0 Å².